The molecule has 19 heavy (non-hydrogen) atoms. The number of piperazine rings is 1. The van der Waals surface area contributed by atoms with Gasteiger partial charge in [-0.2, -0.15) is 0 Å². The summed E-state index contributed by atoms with van der Waals surface area (Å²) in [7, 11) is 1.67. The number of hydrogen-bond acceptors (Lipinski definition) is 4. The molecule has 1 saturated heterocycles. The topological polar surface area (TPSA) is 41.7 Å². The summed E-state index contributed by atoms with van der Waals surface area (Å²) in [6.07, 6.45) is 2.87. The van der Waals surface area contributed by atoms with E-state index < -0.39 is 0 Å². The van der Waals surface area contributed by atoms with Crippen molar-refractivity contribution >= 4 is 11.4 Å². The molecule has 4 heteroatoms. The van der Waals surface area contributed by atoms with Gasteiger partial charge in [-0.15, -0.1) is 0 Å². The quantitative estimate of drug-likeness (QED) is 0.839. The first kappa shape index (κ1) is 12.6. The normalized spacial score (nSPS) is 20.6. The third-order valence-corrected chi connectivity index (χ3v) is 4.19. The minimum absolute atomic E-state index is 0.764. The van der Waals surface area contributed by atoms with Crippen molar-refractivity contribution in [2.45, 2.75) is 12.8 Å². The van der Waals surface area contributed by atoms with E-state index in [1.165, 1.54) is 19.4 Å². The van der Waals surface area contributed by atoms with E-state index in [4.69, 9.17) is 10.5 Å². The van der Waals surface area contributed by atoms with Crippen molar-refractivity contribution in [3.8, 4) is 5.75 Å². The molecule has 0 amide bonds. The first-order chi connectivity index (χ1) is 9.28. The Morgan fingerprint density at radius 2 is 1.95 bits per heavy atom. The molecule has 2 N–H and O–H groups in total. The molecule has 1 heterocycles. The molecule has 0 atom stereocenters. The monoisotopic (exact) mass is 261 g/mol. The predicted molar refractivity (Wildman–Crippen MR) is 78.8 cm³/mol. The van der Waals surface area contributed by atoms with E-state index in [-0.39, 0.29) is 0 Å². The van der Waals surface area contributed by atoms with E-state index in [0.717, 1.165) is 49.2 Å². The highest BCUT2D eigenvalue weighted by Gasteiger charge is 2.26. The molecule has 104 valence electrons. The number of nitrogens with zero attached hydrogens (tertiary/aromatic N) is 2. The average Bonchev–Trinajstić information content (AvgIpc) is 3.24. The van der Waals surface area contributed by atoms with E-state index >= 15 is 0 Å². The lowest BCUT2D eigenvalue weighted by Gasteiger charge is -2.36. The molecule has 2 fully saturated rings. The van der Waals surface area contributed by atoms with Crippen molar-refractivity contribution in [1.29, 1.82) is 0 Å². The molecule has 0 spiro atoms. The van der Waals surface area contributed by atoms with Crippen LogP contribution < -0.4 is 15.4 Å². The summed E-state index contributed by atoms with van der Waals surface area (Å²) in [6.45, 7) is 5.70. The van der Waals surface area contributed by atoms with E-state index in [0.29, 0.717) is 0 Å². The lowest BCUT2D eigenvalue weighted by atomic mass is 10.2. The third-order valence-electron chi connectivity index (χ3n) is 4.19. The molecular formula is C15H23N3O. The van der Waals surface area contributed by atoms with Crippen molar-refractivity contribution in [2.24, 2.45) is 5.92 Å². The standard InChI is InChI=1S/C15H23N3O/c1-19-14-4-2-3-13(15(14)16)18-9-7-17(8-10-18)11-12-5-6-12/h2-4,12H,5-11,16H2,1H3. The Balaban J connectivity index is 1.64. The molecule has 1 aliphatic heterocycles. The molecule has 2 aliphatic rings. The molecule has 0 unspecified atom stereocenters. The summed E-state index contributed by atoms with van der Waals surface area (Å²) in [5, 5.41) is 0. The third kappa shape index (κ3) is 2.78. The minimum Gasteiger partial charge on any atom is -0.495 e. The van der Waals surface area contributed by atoms with Crippen LogP contribution in [0.3, 0.4) is 0 Å². The largest absolute Gasteiger partial charge is 0.495 e. The number of anilines is 2. The molecule has 4 nitrogen and oxygen atoms in total. The first-order valence-electron chi connectivity index (χ1n) is 7.17. The Hall–Kier alpha value is -1.42. The van der Waals surface area contributed by atoms with Gasteiger partial charge in [-0.3, -0.25) is 4.90 Å². The van der Waals surface area contributed by atoms with Gasteiger partial charge in [-0.1, -0.05) is 6.07 Å². The summed E-state index contributed by atoms with van der Waals surface area (Å²) >= 11 is 0. The van der Waals surface area contributed by atoms with Gasteiger partial charge in [0.2, 0.25) is 0 Å². The Morgan fingerprint density at radius 3 is 2.58 bits per heavy atom. The zero-order valence-corrected chi connectivity index (χ0v) is 11.6. The van der Waals surface area contributed by atoms with Gasteiger partial charge in [0.15, 0.2) is 0 Å². The smallest absolute Gasteiger partial charge is 0.143 e. The zero-order valence-electron chi connectivity index (χ0n) is 11.6. The van der Waals surface area contributed by atoms with Crippen LogP contribution in [0.1, 0.15) is 12.8 Å². The van der Waals surface area contributed by atoms with Gasteiger partial charge >= 0.3 is 0 Å². The van der Waals surface area contributed by atoms with Crippen LogP contribution in [0.2, 0.25) is 0 Å². The lowest BCUT2D eigenvalue weighted by molar-refractivity contribution is 0.248. The van der Waals surface area contributed by atoms with Crippen molar-refractivity contribution in [3.05, 3.63) is 18.2 Å². The second-order valence-corrected chi connectivity index (χ2v) is 5.62. The number of benzene rings is 1. The number of nitrogen functional groups attached to an aromatic ring is 1. The zero-order chi connectivity index (χ0) is 13.2. The summed E-state index contributed by atoms with van der Waals surface area (Å²) in [6, 6.07) is 6.03. The van der Waals surface area contributed by atoms with Crippen molar-refractivity contribution in [1.82, 2.24) is 4.90 Å². The van der Waals surface area contributed by atoms with Crippen molar-refractivity contribution in [2.75, 3.05) is 50.5 Å². The number of para-hydroxylation sites is 1. The van der Waals surface area contributed by atoms with Gasteiger partial charge < -0.3 is 15.4 Å². The molecule has 1 saturated carbocycles. The van der Waals surface area contributed by atoms with E-state index in [9.17, 15) is 0 Å². The summed E-state index contributed by atoms with van der Waals surface area (Å²) in [5.74, 6) is 1.76. The SMILES string of the molecule is COc1cccc(N2CCN(CC3CC3)CC2)c1N. The van der Waals surface area contributed by atoms with Gasteiger partial charge in [0.25, 0.3) is 0 Å². The highest BCUT2D eigenvalue weighted by atomic mass is 16.5. The number of ether oxygens (including phenoxy) is 1. The second-order valence-electron chi connectivity index (χ2n) is 5.62. The maximum absolute atomic E-state index is 6.17. The molecule has 0 bridgehead atoms. The minimum atomic E-state index is 0.764. The van der Waals surface area contributed by atoms with Crippen molar-refractivity contribution < 1.29 is 4.74 Å². The Bertz CT molecular complexity index is 437. The van der Waals surface area contributed by atoms with Gasteiger partial charge in [0.05, 0.1) is 18.5 Å². The Labute approximate surface area is 115 Å². The highest BCUT2D eigenvalue weighted by molar-refractivity contribution is 5.74. The number of methoxy groups -OCH3 is 1. The Kier molecular flexibility index (Phi) is 3.51. The fourth-order valence-corrected chi connectivity index (χ4v) is 2.82. The first-order valence-corrected chi connectivity index (χ1v) is 7.17. The average molecular weight is 261 g/mol. The van der Waals surface area contributed by atoms with E-state index in [2.05, 4.69) is 15.9 Å². The fourth-order valence-electron chi connectivity index (χ4n) is 2.82. The van der Waals surface area contributed by atoms with Crippen LogP contribution in [0.25, 0.3) is 0 Å². The van der Waals surface area contributed by atoms with Crippen molar-refractivity contribution in [3.63, 3.8) is 0 Å². The maximum Gasteiger partial charge on any atom is 0.143 e. The van der Waals surface area contributed by atoms with Crippen LogP contribution in [0.4, 0.5) is 11.4 Å². The maximum atomic E-state index is 6.17. The second kappa shape index (κ2) is 5.29. The summed E-state index contributed by atoms with van der Waals surface area (Å²) in [4.78, 5) is 4.96. The van der Waals surface area contributed by atoms with Gasteiger partial charge in [0.1, 0.15) is 5.75 Å². The van der Waals surface area contributed by atoms with Crippen LogP contribution in [0.5, 0.6) is 5.75 Å². The summed E-state index contributed by atoms with van der Waals surface area (Å²) < 4.78 is 5.30. The van der Waals surface area contributed by atoms with E-state index in [1.54, 1.807) is 7.11 Å². The van der Waals surface area contributed by atoms with Crippen LogP contribution in [0, 0.1) is 5.92 Å². The predicted octanol–water partition coefficient (Wildman–Crippen LogP) is 1.81. The fraction of sp³-hybridized carbons (Fsp3) is 0.600. The van der Waals surface area contributed by atoms with Crippen LogP contribution in [0.15, 0.2) is 18.2 Å². The molecule has 1 aromatic carbocycles. The highest BCUT2D eigenvalue weighted by Crippen LogP contribution is 2.33. The van der Waals surface area contributed by atoms with Crippen LogP contribution >= 0.6 is 0 Å². The Morgan fingerprint density at radius 1 is 1.21 bits per heavy atom. The van der Waals surface area contributed by atoms with Gasteiger partial charge in [0, 0.05) is 32.7 Å². The van der Waals surface area contributed by atoms with Crippen LogP contribution in [-0.4, -0.2) is 44.7 Å². The lowest BCUT2D eigenvalue weighted by Crippen LogP contribution is -2.47. The molecular weight excluding hydrogens is 238 g/mol. The summed E-state index contributed by atoms with van der Waals surface area (Å²) in [5.41, 5.74) is 8.05. The number of nitrogens with two attached hydrogens (primary N) is 1. The van der Waals surface area contributed by atoms with Gasteiger partial charge in [-0.25, -0.2) is 0 Å². The molecule has 0 aromatic heterocycles. The number of hydrogen-bond donors (Lipinski definition) is 1. The number of rotatable bonds is 4. The van der Waals surface area contributed by atoms with Gasteiger partial charge in [-0.05, 0) is 30.9 Å². The molecule has 1 aromatic rings. The molecule has 1 aliphatic carbocycles. The van der Waals surface area contributed by atoms with Crippen LogP contribution in [-0.2, 0) is 0 Å². The molecule has 0 radical (unpaired) electrons. The van der Waals surface area contributed by atoms with E-state index in [1.807, 2.05) is 12.1 Å². The molecule has 3 rings (SSSR count).